The van der Waals surface area contributed by atoms with Gasteiger partial charge in [-0.15, -0.1) is 0 Å². The van der Waals surface area contributed by atoms with Gasteiger partial charge in [-0.1, -0.05) is 39.0 Å². The third kappa shape index (κ3) is 5.62. The number of hydrogen-bond donors (Lipinski definition) is 0. The predicted octanol–water partition coefficient (Wildman–Crippen LogP) is 4.12. The van der Waals surface area contributed by atoms with Crippen molar-refractivity contribution in [2.75, 3.05) is 13.2 Å². The second-order valence-corrected chi connectivity index (χ2v) is 6.18. The molecule has 3 atom stereocenters. The number of ether oxygens (including phenoxy) is 2. The Labute approximate surface area is 134 Å². The minimum atomic E-state index is -0.316. The van der Waals surface area contributed by atoms with Crippen LogP contribution in [0.3, 0.4) is 0 Å². The molecule has 0 aromatic carbocycles. The van der Waals surface area contributed by atoms with Crippen LogP contribution in [-0.2, 0) is 19.1 Å². The first-order valence-electron chi connectivity index (χ1n) is 8.98. The van der Waals surface area contributed by atoms with Gasteiger partial charge in [0.25, 0.3) is 0 Å². The van der Waals surface area contributed by atoms with E-state index < -0.39 is 0 Å². The molecule has 1 rings (SSSR count). The van der Waals surface area contributed by atoms with Gasteiger partial charge in [-0.25, -0.2) is 0 Å². The minimum absolute atomic E-state index is 0.208. The highest BCUT2D eigenvalue weighted by Gasteiger charge is 2.43. The molecule has 0 aromatic heterocycles. The predicted molar refractivity (Wildman–Crippen MR) is 86.3 cm³/mol. The second-order valence-electron chi connectivity index (χ2n) is 6.18. The fourth-order valence-corrected chi connectivity index (χ4v) is 3.55. The van der Waals surface area contributed by atoms with E-state index in [0.29, 0.717) is 13.2 Å². The molecule has 1 aliphatic rings. The van der Waals surface area contributed by atoms with Crippen LogP contribution in [-0.4, -0.2) is 25.2 Å². The van der Waals surface area contributed by atoms with E-state index in [4.69, 9.17) is 9.47 Å². The Morgan fingerprint density at radius 1 is 0.909 bits per heavy atom. The van der Waals surface area contributed by atoms with Crippen LogP contribution in [0.15, 0.2) is 0 Å². The highest BCUT2D eigenvalue weighted by molar-refractivity contribution is 5.82. The van der Waals surface area contributed by atoms with E-state index in [0.717, 1.165) is 32.1 Å². The van der Waals surface area contributed by atoms with E-state index in [1.54, 1.807) is 0 Å². The average Bonchev–Trinajstić information content (AvgIpc) is 2.51. The van der Waals surface area contributed by atoms with Crippen LogP contribution in [0, 0.1) is 17.8 Å². The number of unbranched alkanes of at least 4 members (excludes halogenated alkanes) is 3. The molecule has 0 N–H and O–H groups in total. The van der Waals surface area contributed by atoms with E-state index in [9.17, 15) is 9.59 Å². The van der Waals surface area contributed by atoms with Crippen LogP contribution in [0.1, 0.15) is 72.1 Å². The van der Waals surface area contributed by atoms with Crippen LogP contribution < -0.4 is 0 Å². The first-order valence-corrected chi connectivity index (χ1v) is 8.98. The zero-order valence-corrected chi connectivity index (χ0v) is 14.4. The summed E-state index contributed by atoms with van der Waals surface area (Å²) in [5.74, 6) is -0.795. The van der Waals surface area contributed by atoms with Gasteiger partial charge in [0, 0.05) is 0 Å². The van der Waals surface area contributed by atoms with Crippen molar-refractivity contribution < 1.29 is 19.1 Å². The molecule has 1 fully saturated rings. The Morgan fingerprint density at radius 2 is 1.59 bits per heavy atom. The molecule has 128 valence electrons. The summed E-state index contributed by atoms with van der Waals surface area (Å²) in [5.41, 5.74) is 0. The summed E-state index contributed by atoms with van der Waals surface area (Å²) in [4.78, 5) is 24.6. The third-order valence-corrected chi connectivity index (χ3v) is 4.61. The van der Waals surface area contributed by atoms with Crippen molar-refractivity contribution in [1.82, 2.24) is 0 Å². The molecule has 1 saturated carbocycles. The van der Waals surface area contributed by atoms with E-state index >= 15 is 0 Å². The summed E-state index contributed by atoms with van der Waals surface area (Å²) in [7, 11) is 0. The Hall–Kier alpha value is -1.06. The third-order valence-electron chi connectivity index (χ3n) is 4.61. The highest BCUT2D eigenvalue weighted by atomic mass is 16.5. The van der Waals surface area contributed by atoms with Crippen LogP contribution >= 0.6 is 0 Å². The Morgan fingerprint density at radius 3 is 2.23 bits per heavy atom. The smallest absolute Gasteiger partial charge is 0.310 e. The van der Waals surface area contributed by atoms with Crippen molar-refractivity contribution in [3.05, 3.63) is 0 Å². The SMILES string of the molecule is CCCCCCC1CCCC(C(=O)OCC)C1C(=O)OCC. The van der Waals surface area contributed by atoms with Crippen molar-refractivity contribution >= 4 is 11.9 Å². The Balaban J connectivity index is 2.74. The zero-order chi connectivity index (χ0) is 16.4. The molecule has 22 heavy (non-hydrogen) atoms. The monoisotopic (exact) mass is 312 g/mol. The maximum Gasteiger partial charge on any atom is 0.310 e. The maximum absolute atomic E-state index is 12.4. The molecule has 0 heterocycles. The van der Waals surface area contributed by atoms with E-state index in [2.05, 4.69) is 6.92 Å². The summed E-state index contributed by atoms with van der Waals surface area (Å²) in [6.07, 6.45) is 8.54. The molecule has 0 saturated heterocycles. The van der Waals surface area contributed by atoms with E-state index in [1.165, 1.54) is 19.3 Å². The molecule has 4 heteroatoms. The van der Waals surface area contributed by atoms with Crippen LogP contribution in [0.25, 0.3) is 0 Å². The lowest BCUT2D eigenvalue weighted by atomic mass is 9.70. The number of hydrogen-bond acceptors (Lipinski definition) is 4. The summed E-state index contributed by atoms with van der Waals surface area (Å²) >= 11 is 0. The van der Waals surface area contributed by atoms with Crippen LogP contribution in [0.4, 0.5) is 0 Å². The van der Waals surface area contributed by atoms with E-state index in [1.807, 2.05) is 13.8 Å². The molecule has 0 amide bonds. The zero-order valence-electron chi connectivity index (χ0n) is 14.4. The fourth-order valence-electron chi connectivity index (χ4n) is 3.55. The Bertz CT molecular complexity index is 340. The number of rotatable bonds is 9. The lowest BCUT2D eigenvalue weighted by molar-refractivity contribution is -0.165. The van der Waals surface area contributed by atoms with Gasteiger partial charge in [0.05, 0.1) is 25.0 Å². The van der Waals surface area contributed by atoms with Gasteiger partial charge in [0.1, 0.15) is 0 Å². The molecule has 0 spiro atoms. The van der Waals surface area contributed by atoms with Crippen molar-refractivity contribution in [3.63, 3.8) is 0 Å². The van der Waals surface area contributed by atoms with Gasteiger partial charge in [-0.3, -0.25) is 9.59 Å². The molecule has 0 radical (unpaired) electrons. The highest BCUT2D eigenvalue weighted by Crippen LogP contribution is 2.39. The van der Waals surface area contributed by atoms with Gasteiger partial charge < -0.3 is 9.47 Å². The first-order chi connectivity index (χ1) is 10.7. The second kappa shape index (κ2) is 10.6. The summed E-state index contributed by atoms with van der Waals surface area (Å²) < 4.78 is 10.4. The standard InChI is InChI=1S/C18H32O4/c1-4-7-8-9-11-14-12-10-13-15(17(19)21-5-2)16(14)18(20)22-6-3/h14-16H,4-13H2,1-3H3. The van der Waals surface area contributed by atoms with Gasteiger partial charge in [0.15, 0.2) is 0 Å². The summed E-state index contributed by atoms with van der Waals surface area (Å²) in [6.45, 7) is 6.55. The summed E-state index contributed by atoms with van der Waals surface area (Å²) in [6, 6.07) is 0. The molecule has 4 nitrogen and oxygen atoms in total. The molecule has 3 unspecified atom stereocenters. The van der Waals surface area contributed by atoms with Gasteiger partial charge in [0.2, 0.25) is 0 Å². The summed E-state index contributed by atoms with van der Waals surface area (Å²) in [5, 5.41) is 0. The topological polar surface area (TPSA) is 52.6 Å². The molecule has 0 bridgehead atoms. The van der Waals surface area contributed by atoms with Crippen molar-refractivity contribution in [2.24, 2.45) is 17.8 Å². The lowest BCUT2D eigenvalue weighted by Crippen LogP contribution is -2.40. The Kier molecular flexibility index (Phi) is 9.17. The molecule has 0 aromatic rings. The maximum atomic E-state index is 12.4. The largest absolute Gasteiger partial charge is 0.466 e. The van der Waals surface area contributed by atoms with Gasteiger partial charge in [-0.05, 0) is 39.0 Å². The van der Waals surface area contributed by atoms with Gasteiger partial charge >= 0.3 is 11.9 Å². The quantitative estimate of drug-likeness (QED) is 0.475. The lowest BCUT2D eigenvalue weighted by Gasteiger charge is -2.35. The van der Waals surface area contributed by atoms with Crippen LogP contribution in [0.5, 0.6) is 0 Å². The van der Waals surface area contributed by atoms with E-state index in [-0.39, 0.29) is 29.7 Å². The number of carbonyl (C=O) groups excluding carboxylic acids is 2. The minimum Gasteiger partial charge on any atom is -0.466 e. The fraction of sp³-hybridized carbons (Fsp3) is 0.889. The number of carbonyl (C=O) groups is 2. The molecule has 1 aliphatic carbocycles. The number of esters is 2. The normalized spacial score (nSPS) is 24.8. The first kappa shape index (κ1) is 19.0. The molecule has 0 aliphatic heterocycles. The van der Waals surface area contributed by atoms with Crippen molar-refractivity contribution in [1.29, 1.82) is 0 Å². The molecular formula is C18H32O4. The molecular weight excluding hydrogens is 280 g/mol. The van der Waals surface area contributed by atoms with Crippen molar-refractivity contribution in [2.45, 2.75) is 72.1 Å². The van der Waals surface area contributed by atoms with Crippen molar-refractivity contribution in [3.8, 4) is 0 Å². The van der Waals surface area contributed by atoms with Crippen LogP contribution in [0.2, 0.25) is 0 Å². The average molecular weight is 312 g/mol. The van der Waals surface area contributed by atoms with Gasteiger partial charge in [-0.2, -0.15) is 0 Å².